The molecule has 0 saturated heterocycles. The number of nitrogens with zero attached hydrogens (tertiary/aromatic N) is 1. The Balaban J connectivity index is 2.56. The number of amides is 1. The lowest BCUT2D eigenvalue weighted by molar-refractivity contribution is -0.144. The van der Waals surface area contributed by atoms with E-state index in [2.05, 4.69) is 5.32 Å². The Bertz CT molecular complexity index is 489. The number of carbonyl (C=O) groups excluding carboxylic acids is 2. The molecule has 0 aliphatic carbocycles. The van der Waals surface area contributed by atoms with Crippen molar-refractivity contribution < 1.29 is 23.1 Å². The maximum absolute atomic E-state index is 13.0. The van der Waals surface area contributed by atoms with Crippen molar-refractivity contribution in [1.82, 2.24) is 4.90 Å². The Morgan fingerprint density at radius 3 is 2.29 bits per heavy atom. The van der Waals surface area contributed by atoms with Gasteiger partial charge in [0.05, 0.1) is 19.7 Å². The van der Waals surface area contributed by atoms with Crippen LogP contribution in [0.1, 0.15) is 13.8 Å². The molecule has 0 aliphatic heterocycles. The molecular formula is C14H18F2N2O3. The van der Waals surface area contributed by atoms with Crippen molar-refractivity contribution in [2.75, 3.05) is 31.6 Å². The minimum atomic E-state index is -0.774. The van der Waals surface area contributed by atoms with Gasteiger partial charge < -0.3 is 10.1 Å². The second-order valence-electron chi connectivity index (χ2n) is 4.31. The van der Waals surface area contributed by atoms with Gasteiger partial charge >= 0.3 is 5.97 Å². The Kier molecular flexibility index (Phi) is 6.74. The lowest BCUT2D eigenvalue weighted by Gasteiger charge is -2.18. The zero-order chi connectivity index (χ0) is 15.8. The summed E-state index contributed by atoms with van der Waals surface area (Å²) in [7, 11) is 0. The van der Waals surface area contributed by atoms with Crippen LogP contribution < -0.4 is 5.32 Å². The number of benzene rings is 1. The van der Waals surface area contributed by atoms with Crippen molar-refractivity contribution in [3.05, 3.63) is 29.8 Å². The van der Waals surface area contributed by atoms with E-state index < -0.39 is 23.5 Å². The second-order valence-corrected chi connectivity index (χ2v) is 4.31. The van der Waals surface area contributed by atoms with Gasteiger partial charge in [0.25, 0.3) is 0 Å². The fourth-order valence-electron chi connectivity index (χ4n) is 1.70. The third-order valence-electron chi connectivity index (χ3n) is 2.62. The highest BCUT2D eigenvalue weighted by Crippen LogP contribution is 2.12. The molecule has 116 valence electrons. The van der Waals surface area contributed by atoms with Gasteiger partial charge in [-0.15, -0.1) is 0 Å². The third kappa shape index (κ3) is 6.31. The Morgan fingerprint density at radius 2 is 1.76 bits per heavy atom. The molecule has 0 aromatic heterocycles. The fraction of sp³-hybridized carbons (Fsp3) is 0.429. The molecule has 1 amide bonds. The van der Waals surface area contributed by atoms with Gasteiger partial charge in [-0.3, -0.25) is 14.5 Å². The van der Waals surface area contributed by atoms with Crippen LogP contribution in [-0.4, -0.2) is 43.0 Å². The van der Waals surface area contributed by atoms with Crippen LogP contribution in [0.4, 0.5) is 14.5 Å². The van der Waals surface area contributed by atoms with Gasteiger partial charge in [0.15, 0.2) is 0 Å². The van der Waals surface area contributed by atoms with Crippen LogP contribution in [0.3, 0.4) is 0 Å². The van der Waals surface area contributed by atoms with Gasteiger partial charge in [-0.05, 0) is 25.6 Å². The highest BCUT2D eigenvalue weighted by atomic mass is 19.1. The van der Waals surface area contributed by atoms with E-state index in [1.807, 2.05) is 0 Å². The minimum absolute atomic E-state index is 0.0186. The topological polar surface area (TPSA) is 58.6 Å². The average Bonchev–Trinajstić information content (AvgIpc) is 2.36. The van der Waals surface area contributed by atoms with Crippen LogP contribution in [-0.2, 0) is 14.3 Å². The predicted molar refractivity (Wildman–Crippen MR) is 73.7 cm³/mol. The molecule has 0 heterocycles. The smallest absolute Gasteiger partial charge is 0.320 e. The molecule has 0 unspecified atom stereocenters. The summed E-state index contributed by atoms with van der Waals surface area (Å²) in [5.41, 5.74) is 0.0321. The van der Waals surface area contributed by atoms with E-state index >= 15 is 0 Å². The van der Waals surface area contributed by atoms with Crippen molar-refractivity contribution >= 4 is 17.6 Å². The molecule has 0 radical (unpaired) electrons. The number of hydrogen-bond acceptors (Lipinski definition) is 4. The summed E-state index contributed by atoms with van der Waals surface area (Å²) in [4.78, 5) is 24.7. The van der Waals surface area contributed by atoms with Gasteiger partial charge in [-0.25, -0.2) is 8.78 Å². The normalized spacial score (nSPS) is 10.5. The maximum Gasteiger partial charge on any atom is 0.320 e. The molecule has 0 aliphatic rings. The van der Waals surface area contributed by atoms with Gasteiger partial charge in [-0.2, -0.15) is 0 Å². The Hall–Kier alpha value is -2.02. The van der Waals surface area contributed by atoms with Crippen LogP contribution in [0.2, 0.25) is 0 Å². The van der Waals surface area contributed by atoms with Crippen LogP contribution in [0, 0.1) is 11.6 Å². The summed E-state index contributed by atoms with van der Waals surface area (Å²) in [6.07, 6.45) is 0. The summed E-state index contributed by atoms with van der Waals surface area (Å²) in [5, 5.41) is 2.38. The number of halogens is 2. The first-order valence-corrected chi connectivity index (χ1v) is 6.58. The molecule has 1 aromatic carbocycles. The summed E-state index contributed by atoms with van der Waals surface area (Å²) in [6.45, 7) is 4.12. The molecule has 0 saturated carbocycles. The van der Waals surface area contributed by atoms with E-state index in [0.29, 0.717) is 6.54 Å². The number of ether oxygens (including phenoxy) is 1. The molecule has 1 rings (SSSR count). The first-order chi connectivity index (χ1) is 9.94. The third-order valence-corrected chi connectivity index (χ3v) is 2.62. The van der Waals surface area contributed by atoms with Crippen LogP contribution in [0.5, 0.6) is 0 Å². The number of esters is 1. The number of rotatable bonds is 7. The molecule has 0 fully saturated rings. The van der Waals surface area contributed by atoms with Gasteiger partial charge in [0, 0.05) is 11.8 Å². The zero-order valence-electron chi connectivity index (χ0n) is 12.0. The number of anilines is 1. The van der Waals surface area contributed by atoms with E-state index in [1.54, 1.807) is 18.7 Å². The zero-order valence-corrected chi connectivity index (χ0v) is 12.0. The van der Waals surface area contributed by atoms with Crippen molar-refractivity contribution in [3.63, 3.8) is 0 Å². The standard InChI is InChI=1S/C14H18F2N2O3/c1-3-18(9-14(20)21-4-2)8-13(19)17-12-6-10(15)5-11(16)7-12/h5-7H,3-4,8-9H2,1-2H3,(H,17,19). The molecular weight excluding hydrogens is 282 g/mol. The quantitative estimate of drug-likeness (QED) is 0.780. The SMILES string of the molecule is CCOC(=O)CN(CC)CC(=O)Nc1cc(F)cc(F)c1. The van der Waals surface area contributed by atoms with E-state index in [9.17, 15) is 18.4 Å². The molecule has 0 bridgehead atoms. The molecule has 0 atom stereocenters. The number of likely N-dealkylation sites (N-methyl/N-ethyl adjacent to an activating group) is 1. The van der Waals surface area contributed by atoms with Crippen LogP contribution >= 0.6 is 0 Å². The van der Waals surface area contributed by atoms with Crippen molar-refractivity contribution in [3.8, 4) is 0 Å². The van der Waals surface area contributed by atoms with E-state index in [0.717, 1.165) is 18.2 Å². The minimum Gasteiger partial charge on any atom is -0.465 e. The predicted octanol–water partition coefficient (Wildman–Crippen LogP) is 1.79. The second kappa shape index (κ2) is 8.31. The molecule has 21 heavy (non-hydrogen) atoms. The van der Waals surface area contributed by atoms with Gasteiger partial charge in [0.2, 0.25) is 5.91 Å². The van der Waals surface area contributed by atoms with Gasteiger partial charge in [0.1, 0.15) is 11.6 Å². The van der Waals surface area contributed by atoms with Crippen molar-refractivity contribution in [2.24, 2.45) is 0 Å². The monoisotopic (exact) mass is 300 g/mol. The molecule has 0 spiro atoms. The Labute approximate surface area is 121 Å². The Morgan fingerprint density at radius 1 is 1.14 bits per heavy atom. The highest BCUT2D eigenvalue weighted by Gasteiger charge is 2.14. The molecule has 1 N–H and O–H groups in total. The van der Waals surface area contributed by atoms with E-state index in [-0.39, 0.29) is 25.4 Å². The van der Waals surface area contributed by atoms with Crippen LogP contribution in [0.25, 0.3) is 0 Å². The maximum atomic E-state index is 13.0. The van der Waals surface area contributed by atoms with Crippen molar-refractivity contribution in [2.45, 2.75) is 13.8 Å². The first kappa shape index (κ1) is 17.0. The molecule has 7 heteroatoms. The fourth-order valence-corrected chi connectivity index (χ4v) is 1.70. The van der Waals surface area contributed by atoms with Crippen LogP contribution in [0.15, 0.2) is 18.2 Å². The summed E-state index contributed by atoms with van der Waals surface area (Å²) < 4.78 is 30.8. The lowest BCUT2D eigenvalue weighted by Crippen LogP contribution is -2.37. The summed E-state index contributed by atoms with van der Waals surface area (Å²) in [6, 6.07) is 2.75. The molecule has 1 aromatic rings. The number of hydrogen-bond donors (Lipinski definition) is 1. The largest absolute Gasteiger partial charge is 0.465 e. The number of nitrogens with one attached hydrogen (secondary N) is 1. The van der Waals surface area contributed by atoms with Gasteiger partial charge in [-0.1, -0.05) is 6.92 Å². The lowest BCUT2D eigenvalue weighted by atomic mass is 10.3. The molecule has 5 nitrogen and oxygen atoms in total. The van der Waals surface area contributed by atoms with E-state index in [1.165, 1.54) is 0 Å². The van der Waals surface area contributed by atoms with E-state index in [4.69, 9.17) is 4.74 Å². The number of carbonyl (C=O) groups is 2. The summed E-state index contributed by atoms with van der Waals surface area (Å²) in [5.74, 6) is -2.44. The van der Waals surface area contributed by atoms with Crippen molar-refractivity contribution in [1.29, 1.82) is 0 Å². The summed E-state index contributed by atoms with van der Waals surface area (Å²) >= 11 is 0. The first-order valence-electron chi connectivity index (χ1n) is 6.58. The highest BCUT2D eigenvalue weighted by molar-refractivity contribution is 5.92. The average molecular weight is 300 g/mol.